The lowest BCUT2D eigenvalue weighted by molar-refractivity contribution is 0.0954. The van der Waals surface area contributed by atoms with Crippen LogP contribution < -0.4 is 15.4 Å². The summed E-state index contributed by atoms with van der Waals surface area (Å²) in [5, 5.41) is 5.49. The number of amides is 2. The molecule has 0 saturated heterocycles. The van der Waals surface area contributed by atoms with E-state index in [1.165, 1.54) is 0 Å². The van der Waals surface area contributed by atoms with Gasteiger partial charge in [0, 0.05) is 38.0 Å². The molecule has 25 heavy (non-hydrogen) atoms. The third kappa shape index (κ3) is 3.79. The SMILES string of the molecule is CNC(=O)c1cc(C(=O)NCCc2cccnc2)cc2c1OC(C)C2. The van der Waals surface area contributed by atoms with E-state index in [-0.39, 0.29) is 17.9 Å². The summed E-state index contributed by atoms with van der Waals surface area (Å²) in [6, 6.07) is 7.24. The maximum atomic E-state index is 12.5. The van der Waals surface area contributed by atoms with E-state index in [9.17, 15) is 9.59 Å². The molecule has 2 N–H and O–H groups in total. The molecule has 1 aromatic heterocycles. The number of rotatable bonds is 5. The third-order valence-electron chi connectivity index (χ3n) is 4.15. The van der Waals surface area contributed by atoms with Crippen molar-refractivity contribution in [1.82, 2.24) is 15.6 Å². The molecule has 0 spiro atoms. The molecule has 1 aliphatic heterocycles. The lowest BCUT2D eigenvalue weighted by Crippen LogP contribution is -2.26. The molecule has 1 atom stereocenters. The molecular weight excluding hydrogens is 318 g/mol. The van der Waals surface area contributed by atoms with Gasteiger partial charge in [-0.05, 0) is 42.7 Å². The van der Waals surface area contributed by atoms with Crippen molar-refractivity contribution in [2.45, 2.75) is 25.9 Å². The predicted molar refractivity (Wildman–Crippen MR) is 93.9 cm³/mol. The van der Waals surface area contributed by atoms with Crippen molar-refractivity contribution in [2.75, 3.05) is 13.6 Å². The first-order valence-electron chi connectivity index (χ1n) is 8.31. The molecule has 2 amide bonds. The molecule has 6 nitrogen and oxygen atoms in total. The predicted octanol–water partition coefficient (Wildman–Crippen LogP) is 1.74. The van der Waals surface area contributed by atoms with Crippen molar-refractivity contribution in [2.24, 2.45) is 0 Å². The summed E-state index contributed by atoms with van der Waals surface area (Å²) in [6.07, 6.45) is 4.89. The van der Waals surface area contributed by atoms with Gasteiger partial charge in [-0.1, -0.05) is 6.07 Å². The highest BCUT2D eigenvalue weighted by atomic mass is 16.5. The van der Waals surface area contributed by atoms with Gasteiger partial charge in [0.15, 0.2) is 0 Å². The fourth-order valence-electron chi connectivity index (χ4n) is 2.94. The summed E-state index contributed by atoms with van der Waals surface area (Å²) in [6.45, 7) is 2.45. The summed E-state index contributed by atoms with van der Waals surface area (Å²) in [7, 11) is 1.56. The average molecular weight is 339 g/mol. The largest absolute Gasteiger partial charge is 0.489 e. The van der Waals surface area contributed by atoms with Crippen LogP contribution in [0.3, 0.4) is 0 Å². The number of hydrogen-bond donors (Lipinski definition) is 2. The Bertz CT molecular complexity index is 790. The fraction of sp³-hybridized carbons (Fsp3) is 0.316. The molecule has 2 heterocycles. The number of nitrogens with zero attached hydrogens (tertiary/aromatic N) is 1. The van der Waals surface area contributed by atoms with Crippen LogP contribution >= 0.6 is 0 Å². The maximum Gasteiger partial charge on any atom is 0.254 e. The monoisotopic (exact) mass is 339 g/mol. The Balaban J connectivity index is 1.74. The van der Waals surface area contributed by atoms with E-state index in [0.29, 0.717) is 36.3 Å². The molecule has 1 aliphatic rings. The number of nitrogens with one attached hydrogen (secondary N) is 2. The third-order valence-corrected chi connectivity index (χ3v) is 4.15. The number of aromatic nitrogens is 1. The first-order chi connectivity index (χ1) is 12.1. The lowest BCUT2D eigenvalue weighted by atomic mass is 10.0. The lowest BCUT2D eigenvalue weighted by Gasteiger charge is -2.11. The smallest absolute Gasteiger partial charge is 0.254 e. The Kier molecular flexibility index (Phi) is 4.97. The van der Waals surface area contributed by atoms with Crippen LogP contribution in [0.15, 0.2) is 36.7 Å². The Morgan fingerprint density at radius 1 is 1.32 bits per heavy atom. The first-order valence-corrected chi connectivity index (χ1v) is 8.31. The molecule has 0 aliphatic carbocycles. The molecule has 6 heteroatoms. The zero-order chi connectivity index (χ0) is 17.8. The number of pyridine rings is 1. The van der Waals surface area contributed by atoms with Crippen molar-refractivity contribution in [3.05, 3.63) is 58.9 Å². The molecule has 0 radical (unpaired) electrons. The highest BCUT2D eigenvalue weighted by molar-refractivity contribution is 6.02. The summed E-state index contributed by atoms with van der Waals surface area (Å²) in [4.78, 5) is 28.7. The van der Waals surface area contributed by atoms with E-state index in [4.69, 9.17) is 4.74 Å². The van der Waals surface area contributed by atoms with Gasteiger partial charge in [0.05, 0.1) is 5.56 Å². The number of fused-ring (bicyclic) bond motifs is 1. The van der Waals surface area contributed by atoms with Gasteiger partial charge in [-0.2, -0.15) is 0 Å². The second kappa shape index (κ2) is 7.34. The quantitative estimate of drug-likeness (QED) is 0.869. The normalized spacial score (nSPS) is 15.2. The van der Waals surface area contributed by atoms with E-state index >= 15 is 0 Å². The van der Waals surface area contributed by atoms with E-state index < -0.39 is 0 Å². The van der Waals surface area contributed by atoms with E-state index in [0.717, 1.165) is 11.1 Å². The van der Waals surface area contributed by atoms with Crippen LogP contribution in [-0.4, -0.2) is 36.5 Å². The number of ether oxygens (including phenoxy) is 1. The molecule has 0 saturated carbocycles. The van der Waals surface area contributed by atoms with Gasteiger partial charge < -0.3 is 15.4 Å². The van der Waals surface area contributed by atoms with Crippen LogP contribution in [0.25, 0.3) is 0 Å². The Hall–Kier alpha value is -2.89. The van der Waals surface area contributed by atoms with Crippen molar-refractivity contribution in [3.63, 3.8) is 0 Å². The molecular formula is C19H21N3O3. The fourth-order valence-corrected chi connectivity index (χ4v) is 2.94. The number of benzene rings is 1. The molecule has 0 bridgehead atoms. The van der Waals surface area contributed by atoms with Crippen LogP contribution in [0.2, 0.25) is 0 Å². The topological polar surface area (TPSA) is 80.3 Å². The van der Waals surface area contributed by atoms with Crippen LogP contribution in [0, 0.1) is 0 Å². The zero-order valence-corrected chi connectivity index (χ0v) is 14.3. The standard InChI is InChI=1S/C19H21N3O3/c1-12-8-14-9-15(10-16(17(14)25-12)19(24)20-2)18(23)22-7-5-13-4-3-6-21-11-13/h3-4,6,9-12H,5,7-8H2,1-2H3,(H,20,24)(H,22,23). The molecule has 0 fully saturated rings. The Morgan fingerprint density at radius 2 is 2.16 bits per heavy atom. The summed E-state index contributed by atoms with van der Waals surface area (Å²) in [5.41, 5.74) is 2.83. The minimum Gasteiger partial charge on any atom is -0.489 e. The molecule has 130 valence electrons. The minimum atomic E-state index is -0.254. The van der Waals surface area contributed by atoms with Crippen molar-refractivity contribution >= 4 is 11.8 Å². The minimum absolute atomic E-state index is 0.00213. The Labute approximate surface area is 146 Å². The van der Waals surface area contributed by atoms with Gasteiger partial charge in [0.25, 0.3) is 11.8 Å². The number of carbonyl (C=O) groups is 2. The van der Waals surface area contributed by atoms with Crippen LogP contribution in [0.5, 0.6) is 5.75 Å². The van der Waals surface area contributed by atoms with Crippen LogP contribution in [0.4, 0.5) is 0 Å². The molecule has 1 aromatic carbocycles. The molecule has 3 rings (SSSR count). The van der Waals surface area contributed by atoms with Crippen molar-refractivity contribution in [3.8, 4) is 5.75 Å². The van der Waals surface area contributed by atoms with Crippen LogP contribution in [-0.2, 0) is 12.8 Å². The number of hydrogen-bond acceptors (Lipinski definition) is 4. The van der Waals surface area contributed by atoms with E-state index in [1.54, 1.807) is 25.5 Å². The summed E-state index contributed by atoms with van der Waals surface area (Å²) >= 11 is 0. The van der Waals surface area contributed by atoms with Gasteiger partial charge >= 0.3 is 0 Å². The van der Waals surface area contributed by atoms with Crippen molar-refractivity contribution < 1.29 is 14.3 Å². The first kappa shape index (κ1) is 17.0. The number of carbonyl (C=O) groups excluding carboxylic acids is 2. The second-order valence-corrected chi connectivity index (χ2v) is 6.09. The Morgan fingerprint density at radius 3 is 2.88 bits per heavy atom. The average Bonchev–Trinajstić information content (AvgIpc) is 3.01. The van der Waals surface area contributed by atoms with E-state index in [2.05, 4.69) is 15.6 Å². The van der Waals surface area contributed by atoms with Gasteiger partial charge in [0.1, 0.15) is 11.9 Å². The maximum absolute atomic E-state index is 12.5. The van der Waals surface area contributed by atoms with Crippen LogP contribution in [0.1, 0.15) is 38.8 Å². The second-order valence-electron chi connectivity index (χ2n) is 6.09. The molecule has 2 aromatic rings. The van der Waals surface area contributed by atoms with Gasteiger partial charge in [-0.3, -0.25) is 14.6 Å². The van der Waals surface area contributed by atoms with E-state index in [1.807, 2.05) is 25.1 Å². The zero-order valence-electron chi connectivity index (χ0n) is 14.3. The van der Waals surface area contributed by atoms with Gasteiger partial charge in [0.2, 0.25) is 0 Å². The van der Waals surface area contributed by atoms with Gasteiger partial charge in [-0.25, -0.2) is 0 Å². The summed E-state index contributed by atoms with van der Waals surface area (Å²) in [5.74, 6) is 0.130. The highest BCUT2D eigenvalue weighted by Gasteiger charge is 2.27. The molecule has 1 unspecified atom stereocenters. The van der Waals surface area contributed by atoms with Gasteiger partial charge in [-0.15, -0.1) is 0 Å². The highest BCUT2D eigenvalue weighted by Crippen LogP contribution is 2.33. The summed E-state index contributed by atoms with van der Waals surface area (Å²) < 4.78 is 5.74. The van der Waals surface area contributed by atoms with Crippen molar-refractivity contribution in [1.29, 1.82) is 0 Å².